The van der Waals surface area contributed by atoms with Crippen LogP contribution in [-0.2, 0) is 6.42 Å². The smallest absolute Gasteiger partial charge is 0.315 e. The van der Waals surface area contributed by atoms with Crippen LogP contribution in [0.4, 0.5) is 4.79 Å². The van der Waals surface area contributed by atoms with Gasteiger partial charge in [-0.2, -0.15) is 0 Å². The first-order chi connectivity index (χ1) is 9.87. The van der Waals surface area contributed by atoms with Crippen LogP contribution in [0.5, 0.6) is 11.5 Å². The fourth-order valence-corrected chi connectivity index (χ4v) is 2.30. The molecule has 0 unspecified atom stereocenters. The number of hydrogen-bond donors (Lipinski definition) is 2. The molecule has 1 aromatic carbocycles. The van der Waals surface area contributed by atoms with Gasteiger partial charge in [0.25, 0.3) is 0 Å². The van der Waals surface area contributed by atoms with Crippen LogP contribution in [0.3, 0.4) is 0 Å². The first kappa shape index (κ1) is 15.5. The van der Waals surface area contributed by atoms with Gasteiger partial charge in [0.05, 0.1) is 13.7 Å². The van der Waals surface area contributed by atoms with Crippen molar-refractivity contribution in [1.29, 1.82) is 0 Å². The molecular formula is C16H24N2O3. The van der Waals surface area contributed by atoms with E-state index in [-0.39, 0.29) is 17.5 Å². The summed E-state index contributed by atoms with van der Waals surface area (Å²) in [5, 5.41) is 5.79. The molecule has 1 atom stereocenters. The zero-order chi connectivity index (χ0) is 15.5. The highest BCUT2D eigenvalue weighted by Crippen LogP contribution is 2.30. The summed E-state index contributed by atoms with van der Waals surface area (Å²) in [7, 11) is 1.64. The van der Waals surface area contributed by atoms with E-state index in [0.29, 0.717) is 13.2 Å². The standard InChI is InChI=1S/C16H24N2O3/c1-16(2,3)18-15(19)17-9-11-7-12-5-6-13(20-4)8-14(12)21-10-11/h5-6,8,11H,7,9-10H2,1-4H3,(H2,17,18,19)/t11-/m1/s1. The second-order valence-corrected chi connectivity index (χ2v) is 6.44. The highest BCUT2D eigenvalue weighted by atomic mass is 16.5. The highest BCUT2D eigenvalue weighted by Gasteiger charge is 2.21. The second-order valence-electron chi connectivity index (χ2n) is 6.44. The zero-order valence-electron chi connectivity index (χ0n) is 13.2. The van der Waals surface area contributed by atoms with Crippen molar-refractivity contribution in [3.8, 4) is 11.5 Å². The fourth-order valence-electron chi connectivity index (χ4n) is 2.30. The molecule has 0 aliphatic carbocycles. The van der Waals surface area contributed by atoms with Gasteiger partial charge in [0.2, 0.25) is 0 Å². The number of hydrogen-bond acceptors (Lipinski definition) is 3. The van der Waals surface area contributed by atoms with Crippen LogP contribution in [0.15, 0.2) is 18.2 Å². The molecule has 0 saturated heterocycles. The molecule has 2 N–H and O–H groups in total. The molecule has 0 saturated carbocycles. The van der Waals surface area contributed by atoms with Gasteiger partial charge in [-0.1, -0.05) is 6.07 Å². The van der Waals surface area contributed by atoms with Crippen molar-refractivity contribution in [2.75, 3.05) is 20.3 Å². The summed E-state index contributed by atoms with van der Waals surface area (Å²) in [4.78, 5) is 11.8. The lowest BCUT2D eigenvalue weighted by atomic mass is 9.96. The topological polar surface area (TPSA) is 59.6 Å². The van der Waals surface area contributed by atoms with E-state index in [9.17, 15) is 4.79 Å². The molecule has 0 spiro atoms. The molecule has 1 aromatic rings. The molecule has 116 valence electrons. The molecule has 0 bridgehead atoms. The van der Waals surface area contributed by atoms with Gasteiger partial charge in [-0.3, -0.25) is 0 Å². The molecule has 5 nitrogen and oxygen atoms in total. The van der Waals surface area contributed by atoms with Crippen molar-refractivity contribution in [3.05, 3.63) is 23.8 Å². The van der Waals surface area contributed by atoms with Gasteiger partial charge in [-0.05, 0) is 38.8 Å². The largest absolute Gasteiger partial charge is 0.497 e. The normalized spacial score (nSPS) is 17.4. The lowest BCUT2D eigenvalue weighted by Gasteiger charge is -2.27. The molecule has 2 amide bonds. The summed E-state index contributed by atoms with van der Waals surface area (Å²) >= 11 is 0. The fraction of sp³-hybridized carbons (Fsp3) is 0.562. The van der Waals surface area contributed by atoms with Crippen molar-refractivity contribution >= 4 is 6.03 Å². The Morgan fingerprint density at radius 2 is 2.19 bits per heavy atom. The summed E-state index contributed by atoms with van der Waals surface area (Å²) in [5.41, 5.74) is 0.932. The van der Waals surface area contributed by atoms with Gasteiger partial charge in [0.15, 0.2) is 0 Å². The van der Waals surface area contributed by atoms with Crippen LogP contribution in [0.2, 0.25) is 0 Å². The van der Waals surface area contributed by atoms with Crippen molar-refractivity contribution in [2.24, 2.45) is 5.92 Å². The number of amides is 2. The summed E-state index contributed by atoms with van der Waals surface area (Å²) < 4.78 is 10.9. The van der Waals surface area contributed by atoms with Crippen molar-refractivity contribution in [3.63, 3.8) is 0 Å². The third kappa shape index (κ3) is 4.55. The summed E-state index contributed by atoms with van der Waals surface area (Å²) in [6.07, 6.45) is 0.898. The second kappa shape index (κ2) is 6.24. The van der Waals surface area contributed by atoms with Crippen LogP contribution >= 0.6 is 0 Å². The van der Waals surface area contributed by atoms with Gasteiger partial charge >= 0.3 is 6.03 Å². The number of rotatable bonds is 3. The van der Waals surface area contributed by atoms with E-state index < -0.39 is 0 Å². The maximum absolute atomic E-state index is 11.8. The maximum Gasteiger partial charge on any atom is 0.315 e. The van der Waals surface area contributed by atoms with Gasteiger partial charge in [0, 0.05) is 24.1 Å². The quantitative estimate of drug-likeness (QED) is 0.899. The van der Waals surface area contributed by atoms with Crippen molar-refractivity contribution in [2.45, 2.75) is 32.7 Å². The third-order valence-electron chi connectivity index (χ3n) is 3.30. The summed E-state index contributed by atoms with van der Waals surface area (Å²) in [6.45, 7) is 7.09. The number of carbonyl (C=O) groups is 1. The Labute approximate surface area is 126 Å². The predicted molar refractivity (Wildman–Crippen MR) is 82.0 cm³/mol. The Morgan fingerprint density at radius 1 is 1.43 bits per heavy atom. The number of nitrogens with one attached hydrogen (secondary N) is 2. The Balaban J connectivity index is 1.86. The Hall–Kier alpha value is -1.91. The number of urea groups is 1. The van der Waals surface area contributed by atoms with E-state index in [1.54, 1.807) is 7.11 Å². The van der Waals surface area contributed by atoms with Crippen molar-refractivity contribution < 1.29 is 14.3 Å². The summed E-state index contributed by atoms with van der Waals surface area (Å²) in [6, 6.07) is 5.73. The monoisotopic (exact) mass is 292 g/mol. The number of benzene rings is 1. The van der Waals surface area contributed by atoms with E-state index in [0.717, 1.165) is 23.5 Å². The Bertz CT molecular complexity index is 509. The molecule has 1 heterocycles. The number of methoxy groups -OCH3 is 1. The van der Waals surface area contributed by atoms with E-state index in [1.165, 1.54) is 0 Å². The van der Waals surface area contributed by atoms with Gasteiger partial charge in [-0.15, -0.1) is 0 Å². The molecule has 0 radical (unpaired) electrons. The van der Waals surface area contributed by atoms with Crippen molar-refractivity contribution in [1.82, 2.24) is 10.6 Å². The van der Waals surface area contributed by atoms with Gasteiger partial charge < -0.3 is 20.1 Å². The number of ether oxygens (including phenoxy) is 2. The van der Waals surface area contributed by atoms with Crippen LogP contribution < -0.4 is 20.1 Å². The third-order valence-corrected chi connectivity index (χ3v) is 3.30. The van der Waals surface area contributed by atoms with E-state index in [1.807, 2.05) is 39.0 Å². The van der Waals surface area contributed by atoms with Crippen LogP contribution in [0.25, 0.3) is 0 Å². The minimum atomic E-state index is -0.226. The lowest BCUT2D eigenvalue weighted by molar-refractivity contribution is 0.207. The average molecular weight is 292 g/mol. The molecule has 0 aromatic heterocycles. The Morgan fingerprint density at radius 3 is 2.86 bits per heavy atom. The number of carbonyl (C=O) groups excluding carboxylic acids is 1. The van der Waals surface area contributed by atoms with Crippen LogP contribution in [0.1, 0.15) is 26.3 Å². The maximum atomic E-state index is 11.8. The molecule has 1 aliphatic rings. The molecule has 21 heavy (non-hydrogen) atoms. The average Bonchev–Trinajstić information content (AvgIpc) is 2.42. The van der Waals surface area contributed by atoms with E-state index in [2.05, 4.69) is 10.6 Å². The lowest BCUT2D eigenvalue weighted by Crippen LogP contribution is -2.48. The van der Waals surface area contributed by atoms with E-state index in [4.69, 9.17) is 9.47 Å². The first-order valence-electron chi connectivity index (χ1n) is 7.23. The van der Waals surface area contributed by atoms with Gasteiger partial charge in [-0.25, -0.2) is 4.79 Å². The minimum absolute atomic E-state index is 0.136. The predicted octanol–water partition coefficient (Wildman–Crippen LogP) is 2.34. The molecular weight excluding hydrogens is 268 g/mol. The SMILES string of the molecule is COc1ccc2c(c1)OC[C@@H](CNC(=O)NC(C)(C)C)C2. The molecule has 0 fully saturated rings. The zero-order valence-corrected chi connectivity index (χ0v) is 13.2. The molecule has 1 aliphatic heterocycles. The highest BCUT2D eigenvalue weighted by molar-refractivity contribution is 5.74. The first-order valence-corrected chi connectivity index (χ1v) is 7.23. The Kier molecular flexibility index (Phi) is 4.60. The number of fused-ring (bicyclic) bond motifs is 1. The minimum Gasteiger partial charge on any atom is -0.497 e. The molecule has 2 rings (SSSR count). The van der Waals surface area contributed by atoms with Gasteiger partial charge in [0.1, 0.15) is 11.5 Å². The van der Waals surface area contributed by atoms with Crippen LogP contribution in [0, 0.1) is 5.92 Å². The molecule has 5 heteroatoms. The van der Waals surface area contributed by atoms with E-state index >= 15 is 0 Å². The summed E-state index contributed by atoms with van der Waals surface area (Å²) in [5.74, 6) is 1.97. The van der Waals surface area contributed by atoms with Crippen LogP contribution in [-0.4, -0.2) is 31.8 Å².